The predicted molar refractivity (Wildman–Crippen MR) is 117 cm³/mol. The van der Waals surface area contributed by atoms with Crippen LogP contribution in [-0.2, 0) is 30.5 Å². The van der Waals surface area contributed by atoms with Gasteiger partial charge in [-0.1, -0.05) is 35.0 Å². The van der Waals surface area contributed by atoms with E-state index in [9.17, 15) is 22.6 Å². The second-order valence-electron chi connectivity index (χ2n) is 6.05. The lowest BCUT2D eigenvalue weighted by Gasteiger charge is -2.43. The lowest BCUT2D eigenvalue weighted by Crippen LogP contribution is -2.71. The van der Waals surface area contributed by atoms with Crippen molar-refractivity contribution < 1.29 is 27.4 Å². The van der Waals surface area contributed by atoms with Crippen molar-refractivity contribution in [1.29, 1.82) is 0 Å². The van der Waals surface area contributed by atoms with E-state index < -0.39 is 33.5 Å². The summed E-state index contributed by atoms with van der Waals surface area (Å²) < 4.78 is 33.0. The van der Waals surface area contributed by atoms with Crippen molar-refractivity contribution in [2.75, 3.05) is 12.8 Å². The van der Waals surface area contributed by atoms with Gasteiger partial charge < -0.3 is 15.9 Å². The summed E-state index contributed by atoms with van der Waals surface area (Å²) in [5.41, 5.74) is 6.15. The molecule has 3 rings (SSSR count). The van der Waals surface area contributed by atoms with Crippen molar-refractivity contribution >= 4 is 67.7 Å². The number of benzene rings is 1. The molecule has 0 unspecified atom stereocenters. The summed E-state index contributed by atoms with van der Waals surface area (Å²) in [5.74, 6) is -1.61. The first kappa shape index (κ1) is 23.3. The number of β-lactam (4-membered cyclic amide) rings is 1. The summed E-state index contributed by atoms with van der Waals surface area (Å²) in [5, 5.41) is 7.05. The number of aromatic nitrogens is 1. The molecule has 15 heteroatoms. The molecule has 11 nitrogen and oxygen atoms in total. The summed E-state index contributed by atoms with van der Waals surface area (Å²) in [6, 6.07) is 5.63. The Morgan fingerprint density at radius 3 is 2.77 bits per heavy atom. The number of thioether (sulfide) groups is 1. The number of rotatable bonds is 8. The zero-order valence-electron chi connectivity index (χ0n) is 15.8. The number of carbonyl (C=O) groups excluding carboxylic acids is 2. The molecule has 2 atom stereocenters. The van der Waals surface area contributed by atoms with Gasteiger partial charge in [0.05, 0.1) is 0 Å². The van der Waals surface area contributed by atoms with E-state index in [1.807, 2.05) is 0 Å². The highest BCUT2D eigenvalue weighted by Crippen LogP contribution is 2.35. The van der Waals surface area contributed by atoms with Crippen LogP contribution in [0.1, 0.15) is 11.3 Å². The minimum absolute atomic E-state index is 0.125. The molecule has 4 N–H and O–H groups in total. The lowest BCUT2D eigenvalue weighted by molar-refractivity contribution is -0.140. The molecule has 1 aromatic carbocycles. The fraction of sp³-hybridized carbons (Fsp3) is 0.250. The third-order valence-electron chi connectivity index (χ3n) is 4.06. The Bertz CT molecular complexity index is 1140. The zero-order valence-corrected chi connectivity index (χ0v) is 19.0. The molecule has 2 aromatic rings. The Labute approximate surface area is 190 Å². The summed E-state index contributed by atoms with van der Waals surface area (Å²) in [6.45, 7) is 0. The second-order valence-corrected chi connectivity index (χ2v) is 9.74. The van der Waals surface area contributed by atoms with Crippen LogP contribution in [0.2, 0.25) is 5.02 Å². The molecule has 2 heterocycles. The van der Waals surface area contributed by atoms with E-state index in [1.54, 1.807) is 24.3 Å². The fourth-order valence-electron chi connectivity index (χ4n) is 2.67. The molecular formula is C16H16ClN5O6S3. The van der Waals surface area contributed by atoms with Crippen LogP contribution < -0.4 is 11.1 Å². The molecule has 0 bridgehead atoms. The summed E-state index contributed by atoms with van der Waals surface area (Å²) in [6.07, 6.45) is 0. The number of hydrogen-bond donors (Lipinski definition) is 3. The number of carbonyl (C=O) groups is 2. The van der Waals surface area contributed by atoms with Crippen LogP contribution in [0, 0.1) is 0 Å². The number of amides is 2. The summed E-state index contributed by atoms with van der Waals surface area (Å²) in [4.78, 5) is 33.7. The number of nitrogens with two attached hydrogens (primary N) is 1. The molecule has 0 aliphatic carbocycles. The maximum Gasteiger partial charge on any atom is 0.363 e. The van der Waals surface area contributed by atoms with Crippen molar-refractivity contribution in [3.05, 3.63) is 45.9 Å². The van der Waals surface area contributed by atoms with Crippen LogP contribution in [0.25, 0.3) is 0 Å². The Morgan fingerprint density at radius 1 is 1.48 bits per heavy atom. The minimum Gasteiger partial charge on any atom is -0.398 e. The third-order valence-corrected chi connectivity index (χ3v) is 7.45. The first-order chi connectivity index (χ1) is 14.6. The molecule has 2 amide bonds. The number of thiazole rings is 1. The van der Waals surface area contributed by atoms with E-state index >= 15 is 0 Å². The SMILES string of the molecule is CO/N=C(\C(=O)N[C@@H]1C(=O)N(S(=O)(=O)O)[C@@H]1SCc1ccccc1Cl)c1csc(N)n1. The van der Waals surface area contributed by atoms with Crippen molar-refractivity contribution in [2.45, 2.75) is 17.2 Å². The van der Waals surface area contributed by atoms with Gasteiger partial charge in [-0.3, -0.25) is 14.1 Å². The topological polar surface area (TPSA) is 164 Å². The van der Waals surface area contributed by atoms with Gasteiger partial charge in [-0.05, 0) is 11.6 Å². The Hall–Kier alpha value is -2.39. The van der Waals surface area contributed by atoms with Gasteiger partial charge in [0.15, 0.2) is 10.8 Å². The highest BCUT2D eigenvalue weighted by Gasteiger charge is 2.54. The number of oxime groups is 1. The Morgan fingerprint density at radius 2 is 2.19 bits per heavy atom. The van der Waals surface area contributed by atoms with Crippen molar-refractivity contribution in [3.8, 4) is 0 Å². The van der Waals surface area contributed by atoms with Crippen LogP contribution in [0.3, 0.4) is 0 Å². The molecule has 166 valence electrons. The van der Waals surface area contributed by atoms with E-state index in [1.165, 1.54) is 12.5 Å². The molecular weight excluding hydrogens is 490 g/mol. The van der Waals surface area contributed by atoms with E-state index in [0.29, 0.717) is 14.9 Å². The standard InChI is InChI=1S/C16H16ClN5O6S3/c1-28-21-11(10-7-30-16(18)19-10)13(23)20-12-14(24)22(31(25,26)27)15(12)29-6-8-4-2-3-5-9(8)17/h2-5,7,12,15H,6H2,1H3,(H2,18,19)(H,20,23)(H,25,26,27)/b21-11-/t12-,15-/m1/s1. The van der Waals surface area contributed by atoms with Gasteiger partial charge in [0.25, 0.3) is 11.8 Å². The average Bonchev–Trinajstić information content (AvgIpc) is 3.13. The lowest BCUT2D eigenvalue weighted by atomic mass is 10.1. The van der Waals surface area contributed by atoms with Crippen LogP contribution in [0.15, 0.2) is 34.8 Å². The highest BCUT2D eigenvalue weighted by molar-refractivity contribution is 8.00. The minimum atomic E-state index is -4.83. The van der Waals surface area contributed by atoms with Crippen molar-refractivity contribution in [1.82, 2.24) is 14.6 Å². The molecule has 31 heavy (non-hydrogen) atoms. The number of nitrogens with zero attached hydrogens (tertiary/aromatic N) is 3. The number of nitrogen functional groups attached to an aromatic ring is 1. The number of halogens is 1. The molecule has 1 fully saturated rings. The van der Waals surface area contributed by atoms with E-state index in [0.717, 1.165) is 23.1 Å². The quantitative estimate of drug-likeness (QED) is 0.206. The molecule has 1 aromatic heterocycles. The predicted octanol–water partition coefficient (Wildman–Crippen LogP) is 1.12. The normalized spacial score (nSPS) is 19.1. The largest absolute Gasteiger partial charge is 0.398 e. The average molecular weight is 506 g/mol. The maximum atomic E-state index is 12.7. The van der Waals surface area contributed by atoms with Gasteiger partial charge in [0, 0.05) is 16.2 Å². The van der Waals surface area contributed by atoms with Gasteiger partial charge in [-0.2, -0.15) is 12.7 Å². The number of hydrogen-bond acceptors (Lipinski definition) is 10. The Kier molecular flexibility index (Phi) is 7.06. The number of anilines is 1. The Balaban J connectivity index is 1.80. The summed E-state index contributed by atoms with van der Waals surface area (Å²) >= 11 is 8.19. The fourth-order valence-corrected chi connectivity index (χ4v) is 5.95. The van der Waals surface area contributed by atoms with Crippen molar-refractivity contribution in [2.24, 2.45) is 5.16 Å². The summed E-state index contributed by atoms with van der Waals surface area (Å²) in [7, 11) is -3.61. The highest BCUT2D eigenvalue weighted by atomic mass is 35.5. The van der Waals surface area contributed by atoms with Crippen LogP contribution in [-0.4, -0.2) is 58.3 Å². The molecule has 0 saturated carbocycles. The zero-order chi connectivity index (χ0) is 22.8. The molecule has 0 radical (unpaired) electrons. The van der Waals surface area contributed by atoms with Gasteiger partial charge in [-0.15, -0.1) is 23.1 Å². The first-order valence-corrected chi connectivity index (χ1v) is 12.1. The molecule has 1 aliphatic rings. The number of nitrogens with one attached hydrogen (secondary N) is 1. The molecule has 1 saturated heterocycles. The van der Waals surface area contributed by atoms with Gasteiger partial charge >= 0.3 is 10.3 Å². The molecule has 1 aliphatic heterocycles. The van der Waals surface area contributed by atoms with Gasteiger partial charge in [0.2, 0.25) is 0 Å². The van der Waals surface area contributed by atoms with Crippen LogP contribution >= 0.6 is 34.7 Å². The van der Waals surface area contributed by atoms with E-state index in [4.69, 9.17) is 17.3 Å². The smallest absolute Gasteiger partial charge is 0.363 e. The first-order valence-electron chi connectivity index (χ1n) is 8.42. The molecule has 0 spiro atoms. The maximum absolute atomic E-state index is 12.7. The second kappa shape index (κ2) is 9.40. The van der Waals surface area contributed by atoms with E-state index in [-0.39, 0.29) is 22.3 Å². The van der Waals surface area contributed by atoms with Crippen molar-refractivity contribution in [3.63, 3.8) is 0 Å². The monoisotopic (exact) mass is 505 g/mol. The van der Waals surface area contributed by atoms with Gasteiger partial charge in [0.1, 0.15) is 24.2 Å². The van der Waals surface area contributed by atoms with Gasteiger partial charge in [-0.25, -0.2) is 4.98 Å². The van der Waals surface area contributed by atoms with Crippen LogP contribution in [0.5, 0.6) is 0 Å². The van der Waals surface area contributed by atoms with E-state index in [2.05, 4.69) is 20.3 Å². The van der Waals surface area contributed by atoms with Crippen LogP contribution in [0.4, 0.5) is 5.13 Å². The third kappa shape index (κ3) is 5.10.